The lowest BCUT2D eigenvalue weighted by Gasteiger charge is -2.07. The van der Waals surface area contributed by atoms with E-state index in [1.165, 1.54) is 18.6 Å². The minimum Gasteiger partial charge on any atom is -0.480 e. The third-order valence-corrected chi connectivity index (χ3v) is 2.92. The van der Waals surface area contributed by atoms with Crippen LogP contribution in [-0.2, 0) is 9.59 Å². The molecule has 0 aliphatic carbocycles. The van der Waals surface area contributed by atoms with E-state index in [0.717, 1.165) is 0 Å². The van der Waals surface area contributed by atoms with Gasteiger partial charge >= 0.3 is 5.97 Å². The van der Waals surface area contributed by atoms with Crippen LogP contribution in [0.15, 0.2) is 27.9 Å². The summed E-state index contributed by atoms with van der Waals surface area (Å²) in [7, 11) is 0. The van der Waals surface area contributed by atoms with Crippen molar-refractivity contribution >= 4 is 35.0 Å². The number of thioether (sulfide) groups is 1. The minimum atomic E-state index is -1.23. The zero-order valence-corrected chi connectivity index (χ0v) is 9.27. The van der Waals surface area contributed by atoms with Gasteiger partial charge in [-0.15, -0.1) is 0 Å². The van der Waals surface area contributed by atoms with Crippen molar-refractivity contribution in [1.29, 1.82) is 0 Å². The Hall–Kier alpha value is -2.02. The van der Waals surface area contributed by atoms with Gasteiger partial charge in [0.1, 0.15) is 6.54 Å². The molecule has 1 saturated heterocycles. The van der Waals surface area contributed by atoms with Crippen LogP contribution in [0.4, 0.5) is 4.79 Å². The van der Waals surface area contributed by atoms with Gasteiger partial charge in [-0.05, 0) is 23.9 Å². The van der Waals surface area contributed by atoms with Gasteiger partial charge in [0, 0.05) is 5.56 Å². The molecule has 0 bridgehead atoms. The first-order valence-electron chi connectivity index (χ1n) is 4.57. The molecular formula is C10H7NO5S. The first-order chi connectivity index (χ1) is 8.08. The van der Waals surface area contributed by atoms with E-state index >= 15 is 0 Å². The van der Waals surface area contributed by atoms with Crippen LogP contribution < -0.4 is 0 Å². The smallest absolute Gasteiger partial charge is 0.323 e. The van der Waals surface area contributed by atoms with E-state index in [-0.39, 0.29) is 4.91 Å². The van der Waals surface area contributed by atoms with E-state index < -0.39 is 23.7 Å². The summed E-state index contributed by atoms with van der Waals surface area (Å²) < 4.78 is 4.82. The van der Waals surface area contributed by atoms with E-state index in [1.807, 2.05) is 0 Å². The molecule has 1 aromatic heterocycles. The molecule has 0 spiro atoms. The quantitative estimate of drug-likeness (QED) is 0.819. The average molecular weight is 253 g/mol. The summed E-state index contributed by atoms with van der Waals surface area (Å²) >= 11 is 0.716. The van der Waals surface area contributed by atoms with Crippen molar-refractivity contribution in [1.82, 2.24) is 4.90 Å². The first-order valence-corrected chi connectivity index (χ1v) is 5.39. The highest BCUT2D eigenvalue weighted by molar-refractivity contribution is 8.18. The standard InChI is InChI=1S/C10H7NO5S/c12-8(13)4-11-9(14)7(17-10(11)15)3-6-1-2-16-5-6/h1-3,5H,4H2,(H,12,13)/b7-3+. The molecular weight excluding hydrogens is 246 g/mol. The molecule has 0 aromatic carbocycles. The number of furan rings is 1. The lowest BCUT2D eigenvalue weighted by atomic mass is 10.3. The Kier molecular flexibility index (Phi) is 3.01. The zero-order chi connectivity index (χ0) is 12.4. The van der Waals surface area contributed by atoms with Crippen molar-refractivity contribution in [2.45, 2.75) is 0 Å². The summed E-state index contributed by atoms with van der Waals surface area (Å²) in [5.74, 6) is -1.82. The van der Waals surface area contributed by atoms with Crippen LogP contribution in [0, 0.1) is 0 Å². The maximum atomic E-state index is 11.7. The second-order valence-corrected chi connectivity index (χ2v) is 4.21. The van der Waals surface area contributed by atoms with Gasteiger partial charge in [0.25, 0.3) is 11.1 Å². The van der Waals surface area contributed by atoms with E-state index in [1.54, 1.807) is 6.07 Å². The molecule has 1 aliphatic heterocycles. The van der Waals surface area contributed by atoms with Gasteiger partial charge in [0.2, 0.25) is 0 Å². The van der Waals surface area contributed by atoms with Crippen molar-refractivity contribution in [2.24, 2.45) is 0 Å². The van der Waals surface area contributed by atoms with Gasteiger partial charge in [-0.25, -0.2) is 0 Å². The molecule has 0 radical (unpaired) electrons. The van der Waals surface area contributed by atoms with Crippen LogP contribution in [0.25, 0.3) is 6.08 Å². The Bertz CT molecular complexity index is 505. The molecule has 0 unspecified atom stereocenters. The molecule has 17 heavy (non-hydrogen) atoms. The monoisotopic (exact) mass is 253 g/mol. The highest BCUT2D eigenvalue weighted by Crippen LogP contribution is 2.31. The Morgan fingerprint density at radius 3 is 2.88 bits per heavy atom. The molecule has 0 saturated carbocycles. The summed E-state index contributed by atoms with van der Waals surface area (Å²) in [5.41, 5.74) is 0.644. The number of carboxylic acid groups (broad SMARTS) is 1. The summed E-state index contributed by atoms with van der Waals surface area (Å²) in [6.45, 7) is -0.618. The topological polar surface area (TPSA) is 87.8 Å². The van der Waals surface area contributed by atoms with Gasteiger partial charge in [-0.2, -0.15) is 0 Å². The predicted molar refractivity (Wildman–Crippen MR) is 59.0 cm³/mol. The van der Waals surface area contributed by atoms with Crippen molar-refractivity contribution in [2.75, 3.05) is 6.54 Å². The van der Waals surface area contributed by atoms with E-state index in [2.05, 4.69) is 0 Å². The molecule has 2 rings (SSSR count). The highest BCUT2D eigenvalue weighted by Gasteiger charge is 2.36. The number of hydrogen-bond donors (Lipinski definition) is 1. The lowest BCUT2D eigenvalue weighted by Crippen LogP contribution is -2.33. The molecule has 1 aliphatic rings. The minimum absolute atomic E-state index is 0.192. The molecule has 0 atom stereocenters. The summed E-state index contributed by atoms with van der Waals surface area (Å²) in [6.07, 6.45) is 4.34. The van der Waals surface area contributed by atoms with Crippen molar-refractivity contribution in [3.63, 3.8) is 0 Å². The van der Waals surface area contributed by atoms with Crippen LogP contribution in [-0.4, -0.2) is 33.7 Å². The molecule has 1 N–H and O–H groups in total. The SMILES string of the molecule is O=C(O)CN1C(=O)S/C(=C/c2ccoc2)C1=O. The van der Waals surface area contributed by atoms with Crippen molar-refractivity contribution < 1.29 is 23.9 Å². The third kappa shape index (κ3) is 2.39. The van der Waals surface area contributed by atoms with Gasteiger partial charge < -0.3 is 9.52 Å². The predicted octanol–water partition coefficient (Wildman–Crippen LogP) is 1.40. The fraction of sp³-hybridized carbons (Fsp3) is 0.100. The van der Waals surface area contributed by atoms with Crippen molar-refractivity contribution in [3.8, 4) is 0 Å². The lowest BCUT2D eigenvalue weighted by molar-refractivity contribution is -0.140. The summed E-state index contributed by atoms with van der Waals surface area (Å²) in [4.78, 5) is 34.5. The van der Waals surface area contributed by atoms with E-state index in [0.29, 0.717) is 22.2 Å². The Balaban J connectivity index is 2.21. The van der Waals surface area contributed by atoms with Gasteiger partial charge in [0.15, 0.2) is 0 Å². The molecule has 6 nitrogen and oxygen atoms in total. The number of nitrogens with zero attached hydrogens (tertiary/aromatic N) is 1. The maximum absolute atomic E-state index is 11.7. The van der Waals surface area contributed by atoms with Crippen molar-refractivity contribution in [3.05, 3.63) is 29.1 Å². The second kappa shape index (κ2) is 4.46. The number of imide groups is 1. The Morgan fingerprint density at radius 1 is 1.53 bits per heavy atom. The van der Waals surface area contributed by atoms with Crippen LogP contribution >= 0.6 is 11.8 Å². The zero-order valence-electron chi connectivity index (χ0n) is 8.45. The number of hydrogen-bond acceptors (Lipinski definition) is 5. The third-order valence-electron chi connectivity index (χ3n) is 2.01. The highest BCUT2D eigenvalue weighted by atomic mass is 32.2. The largest absolute Gasteiger partial charge is 0.480 e. The van der Waals surface area contributed by atoms with Crippen LogP contribution in [0.5, 0.6) is 0 Å². The molecule has 1 fully saturated rings. The fourth-order valence-corrected chi connectivity index (χ4v) is 2.12. The number of carbonyl (C=O) groups excluding carboxylic acids is 2. The molecule has 88 valence electrons. The number of carbonyl (C=O) groups is 3. The average Bonchev–Trinajstić information content (AvgIpc) is 2.83. The molecule has 2 amide bonds. The Morgan fingerprint density at radius 2 is 2.29 bits per heavy atom. The molecule has 7 heteroatoms. The number of carboxylic acids is 1. The first kappa shape index (κ1) is 11.5. The number of rotatable bonds is 3. The van der Waals surface area contributed by atoms with Gasteiger partial charge in [0.05, 0.1) is 17.4 Å². The molecule has 1 aromatic rings. The van der Waals surface area contributed by atoms with E-state index in [4.69, 9.17) is 9.52 Å². The van der Waals surface area contributed by atoms with Crippen LogP contribution in [0.3, 0.4) is 0 Å². The van der Waals surface area contributed by atoms with E-state index in [9.17, 15) is 14.4 Å². The normalized spacial score (nSPS) is 18.1. The van der Waals surface area contributed by atoms with Gasteiger partial charge in [-0.1, -0.05) is 0 Å². The maximum Gasteiger partial charge on any atom is 0.323 e. The summed E-state index contributed by atoms with van der Waals surface area (Å²) in [5, 5.41) is 7.99. The van der Waals surface area contributed by atoms with Gasteiger partial charge in [-0.3, -0.25) is 19.3 Å². The number of amides is 2. The van der Waals surface area contributed by atoms with Crippen LogP contribution in [0.1, 0.15) is 5.56 Å². The van der Waals surface area contributed by atoms with Crippen LogP contribution in [0.2, 0.25) is 0 Å². The second-order valence-electron chi connectivity index (χ2n) is 3.22. The molecule has 2 heterocycles. The Labute approximate surface area is 99.9 Å². The number of aliphatic carboxylic acids is 1. The summed E-state index contributed by atoms with van der Waals surface area (Å²) in [6, 6.07) is 1.63. The fourth-order valence-electron chi connectivity index (χ4n) is 1.28.